The molecule has 0 saturated heterocycles. The first-order valence-corrected chi connectivity index (χ1v) is 7.69. The molecule has 1 aliphatic rings. The van der Waals surface area contributed by atoms with Gasteiger partial charge in [0, 0.05) is 11.1 Å². The van der Waals surface area contributed by atoms with Crippen LogP contribution in [0.3, 0.4) is 0 Å². The average molecular weight is 353 g/mol. The van der Waals surface area contributed by atoms with Crippen LogP contribution in [-0.2, 0) is 9.59 Å². The second-order valence-electron chi connectivity index (χ2n) is 5.59. The van der Waals surface area contributed by atoms with Crippen molar-refractivity contribution in [2.75, 3.05) is 13.7 Å². The van der Waals surface area contributed by atoms with E-state index in [1.54, 1.807) is 43.5 Å². The number of hydrogen-bond acceptors (Lipinski definition) is 5. The number of carbonyl (C=O) groups excluding carboxylic acids is 2. The molecule has 3 rings (SSSR count). The fourth-order valence-corrected chi connectivity index (χ4v) is 2.83. The summed E-state index contributed by atoms with van der Waals surface area (Å²) in [6.45, 7) is -0.648. The molecule has 0 aromatic heterocycles. The fraction of sp³-hybridized carbons (Fsp3) is 0.105. The molecule has 0 fully saturated rings. The number of ether oxygens (including phenoxy) is 1. The Balaban J connectivity index is 2.05. The molecule has 0 saturated carbocycles. The topological polar surface area (TPSA) is 113 Å². The highest BCUT2D eigenvalue weighted by Gasteiger charge is 2.36. The molecule has 7 nitrogen and oxygen atoms in total. The van der Waals surface area contributed by atoms with Gasteiger partial charge in [-0.1, -0.05) is 30.3 Å². The number of hydrogen-bond donors (Lipinski definition) is 3. The van der Waals surface area contributed by atoms with E-state index in [9.17, 15) is 19.5 Å². The van der Waals surface area contributed by atoms with Crippen LogP contribution in [0, 0.1) is 0 Å². The number of benzene rings is 2. The summed E-state index contributed by atoms with van der Waals surface area (Å²) in [7, 11) is 1.55. The molecule has 0 atom stereocenters. The van der Waals surface area contributed by atoms with Crippen molar-refractivity contribution in [3.05, 3.63) is 59.2 Å². The third-order valence-corrected chi connectivity index (χ3v) is 4.04. The maximum atomic E-state index is 12.5. The van der Waals surface area contributed by atoms with Gasteiger partial charge in [0.2, 0.25) is 5.78 Å². The minimum absolute atomic E-state index is 0.191. The molecule has 0 bridgehead atoms. The average Bonchev–Trinajstić information content (AvgIpc) is 2.91. The Labute approximate surface area is 148 Å². The Morgan fingerprint density at radius 1 is 1.08 bits per heavy atom. The van der Waals surface area contributed by atoms with E-state index in [2.05, 4.69) is 5.32 Å². The van der Waals surface area contributed by atoms with Gasteiger partial charge >= 0.3 is 5.97 Å². The van der Waals surface area contributed by atoms with Gasteiger partial charge in [0.05, 0.1) is 7.11 Å². The van der Waals surface area contributed by atoms with Crippen LogP contribution in [0.2, 0.25) is 0 Å². The van der Waals surface area contributed by atoms with Crippen molar-refractivity contribution in [1.29, 1.82) is 0 Å². The van der Waals surface area contributed by atoms with Crippen molar-refractivity contribution in [2.24, 2.45) is 0 Å². The third-order valence-electron chi connectivity index (χ3n) is 4.04. The van der Waals surface area contributed by atoms with Crippen LogP contribution in [0.1, 0.15) is 15.9 Å². The van der Waals surface area contributed by atoms with Gasteiger partial charge < -0.3 is 20.3 Å². The number of aliphatic hydroxyl groups is 1. The van der Waals surface area contributed by atoms with Gasteiger partial charge in [-0.15, -0.1) is 0 Å². The molecular weight excluding hydrogens is 338 g/mol. The standard InChI is InChI=1S/C19H15NO6/c1-26-11-7-5-10(6-8-11)12-3-2-4-13-15(12)18(24)16(17(13)23)19(25)20-9-14(21)22/h2-8,24H,9H2,1H3,(H,20,25)(H,21,22). The first-order valence-electron chi connectivity index (χ1n) is 7.69. The van der Waals surface area contributed by atoms with Crippen LogP contribution >= 0.6 is 0 Å². The van der Waals surface area contributed by atoms with E-state index in [0.717, 1.165) is 5.56 Å². The second-order valence-corrected chi connectivity index (χ2v) is 5.59. The highest BCUT2D eigenvalue weighted by atomic mass is 16.5. The summed E-state index contributed by atoms with van der Waals surface area (Å²) in [4.78, 5) is 35.3. The molecule has 0 heterocycles. The number of carboxylic acids is 1. The van der Waals surface area contributed by atoms with Gasteiger partial charge in [-0.2, -0.15) is 0 Å². The van der Waals surface area contributed by atoms with E-state index >= 15 is 0 Å². The molecule has 3 N–H and O–H groups in total. The predicted octanol–water partition coefficient (Wildman–Crippen LogP) is 2.03. The van der Waals surface area contributed by atoms with Crippen molar-refractivity contribution in [1.82, 2.24) is 5.32 Å². The molecule has 132 valence electrons. The lowest BCUT2D eigenvalue weighted by Crippen LogP contribution is -2.32. The molecule has 1 amide bonds. The molecule has 1 aliphatic carbocycles. The largest absolute Gasteiger partial charge is 0.506 e. The van der Waals surface area contributed by atoms with Crippen molar-refractivity contribution < 1.29 is 29.3 Å². The van der Waals surface area contributed by atoms with Crippen LogP contribution in [-0.4, -0.2) is 41.5 Å². The van der Waals surface area contributed by atoms with E-state index in [0.29, 0.717) is 11.3 Å². The molecule has 0 aliphatic heterocycles. The van der Waals surface area contributed by atoms with Gasteiger partial charge in [0.25, 0.3) is 5.91 Å². The minimum Gasteiger partial charge on any atom is -0.506 e. The van der Waals surface area contributed by atoms with Gasteiger partial charge in [-0.3, -0.25) is 14.4 Å². The summed E-state index contributed by atoms with van der Waals surface area (Å²) >= 11 is 0. The minimum atomic E-state index is -1.25. The van der Waals surface area contributed by atoms with Crippen LogP contribution in [0.4, 0.5) is 0 Å². The van der Waals surface area contributed by atoms with Crippen LogP contribution < -0.4 is 10.1 Å². The summed E-state index contributed by atoms with van der Waals surface area (Å²) in [6, 6.07) is 11.9. The number of ketones is 1. The number of carbonyl (C=O) groups is 3. The Morgan fingerprint density at radius 3 is 2.35 bits per heavy atom. The zero-order valence-corrected chi connectivity index (χ0v) is 13.8. The van der Waals surface area contributed by atoms with Crippen molar-refractivity contribution in [2.45, 2.75) is 0 Å². The Bertz CT molecular complexity index is 943. The summed E-state index contributed by atoms with van der Waals surface area (Å²) in [5.74, 6) is -2.62. The molecule has 26 heavy (non-hydrogen) atoms. The predicted molar refractivity (Wildman–Crippen MR) is 93.0 cm³/mol. The molecule has 2 aromatic rings. The fourth-order valence-electron chi connectivity index (χ4n) is 2.83. The monoisotopic (exact) mass is 353 g/mol. The van der Waals surface area contributed by atoms with Gasteiger partial charge in [-0.05, 0) is 23.3 Å². The normalized spacial score (nSPS) is 12.7. The van der Waals surface area contributed by atoms with E-state index in [-0.39, 0.29) is 11.1 Å². The van der Waals surface area contributed by atoms with Gasteiger partial charge in [-0.25, -0.2) is 0 Å². The van der Waals surface area contributed by atoms with Crippen LogP contribution in [0.5, 0.6) is 5.75 Å². The number of methoxy groups -OCH3 is 1. The van der Waals surface area contributed by atoms with Crippen LogP contribution in [0.25, 0.3) is 16.9 Å². The van der Waals surface area contributed by atoms with Gasteiger partial charge in [0.15, 0.2) is 0 Å². The maximum Gasteiger partial charge on any atom is 0.322 e. The zero-order valence-electron chi connectivity index (χ0n) is 13.8. The third kappa shape index (κ3) is 2.90. The molecule has 7 heteroatoms. The molecular formula is C19H15NO6. The van der Waals surface area contributed by atoms with Crippen LogP contribution in [0.15, 0.2) is 48.0 Å². The SMILES string of the molecule is COc1ccc(-c2cccc3c2C(O)=C(C(=O)NCC(=O)O)C3=O)cc1. The number of aliphatic hydroxyl groups excluding tert-OH is 1. The number of carboxylic acid groups (broad SMARTS) is 1. The number of Topliss-reactive ketones (excluding diaryl/α,β-unsaturated/α-hetero) is 1. The van der Waals surface area contributed by atoms with Gasteiger partial charge in [0.1, 0.15) is 23.6 Å². The highest BCUT2D eigenvalue weighted by molar-refractivity contribution is 6.34. The summed E-state index contributed by atoms with van der Waals surface area (Å²) in [5, 5.41) is 21.3. The maximum absolute atomic E-state index is 12.5. The van der Waals surface area contributed by atoms with Crippen molar-refractivity contribution in [3.63, 3.8) is 0 Å². The first kappa shape index (κ1) is 17.2. The van der Waals surface area contributed by atoms with E-state index in [1.807, 2.05) is 0 Å². The summed E-state index contributed by atoms with van der Waals surface area (Å²) in [6.07, 6.45) is 0. The number of rotatable bonds is 5. The smallest absolute Gasteiger partial charge is 0.322 e. The Morgan fingerprint density at radius 2 is 1.73 bits per heavy atom. The second kappa shape index (κ2) is 6.72. The lowest BCUT2D eigenvalue weighted by molar-refractivity contribution is -0.137. The Kier molecular flexibility index (Phi) is 4.45. The lowest BCUT2D eigenvalue weighted by Gasteiger charge is -2.09. The molecule has 0 unspecified atom stereocenters. The molecule has 0 radical (unpaired) electrons. The zero-order chi connectivity index (χ0) is 18.8. The van der Waals surface area contributed by atoms with E-state index in [4.69, 9.17) is 9.84 Å². The van der Waals surface area contributed by atoms with E-state index < -0.39 is 35.5 Å². The van der Waals surface area contributed by atoms with E-state index in [1.165, 1.54) is 6.07 Å². The molecule has 2 aromatic carbocycles. The number of amides is 1. The van der Waals surface area contributed by atoms with Crippen molar-refractivity contribution >= 4 is 23.4 Å². The summed E-state index contributed by atoms with van der Waals surface area (Å²) < 4.78 is 5.12. The number of fused-ring (bicyclic) bond motifs is 1. The number of aliphatic carboxylic acids is 1. The lowest BCUT2D eigenvalue weighted by atomic mass is 9.96. The van der Waals surface area contributed by atoms with Crippen molar-refractivity contribution in [3.8, 4) is 16.9 Å². The quantitative estimate of drug-likeness (QED) is 0.709. The summed E-state index contributed by atoms with van der Waals surface area (Å²) in [5.41, 5.74) is 1.30. The highest BCUT2D eigenvalue weighted by Crippen LogP contribution is 2.38. The Hall–Kier alpha value is -3.61. The molecule has 0 spiro atoms. The first-order chi connectivity index (χ1) is 12.4. The number of nitrogens with one attached hydrogen (secondary N) is 1.